The highest BCUT2D eigenvalue weighted by molar-refractivity contribution is 6.02. The Morgan fingerprint density at radius 3 is 1.44 bits per heavy atom. The van der Waals surface area contributed by atoms with Gasteiger partial charge in [0.2, 0.25) is 0 Å². The fourth-order valence-corrected chi connectivity index (χ4v) is 2.37. The van der Waals surface area contributed by atoms with Crippen molar-refractivity contribution in [3.8, 4) is 0 Å². The highest BCUT2D eigenvalue weighted by atomic mass is 15.2. The van der Waals surface area contributed by atoms with E-state index in [9.17, 15) is 0 Å². The number of hydrogen-bond donors (Lipinski definition) is 1. The van der Waals surface area contributed by atoms with E-state index < -0.39 is 0 Å². The van der Waals surface area contributed by atoms with E-state index in [0.717, 1.165) is 33.9 Å². The van der Waals surface area contributed by atoms with Gasteiger partial charge in [-0.3, -0.25) is 0 Å². The third-order valence-corrected chi connectivity index (χ3v) is 3.89. The van der Waals surface area contributed by atoms with Crippen molar-refractivity contribution in [3.05, 3.63) is 95.3 Å². The van der Waals surface area contributed by atoms with Crippen molar-refractivity contribution in [1.29, 1.82) is 0 Å². The Balaban J connectivity index is 1.66. The first kappa shape index (κ1) is 18.2. The standard InChI is InChI=1S/C22H21N5/c1-17(26-23-15-19-9-5-3-6-10-19)21-13-14-22(25-21)18(2)27-24-16-20-11-7-4-8-12-20/h3-16,25H,1-2H3/b23-15-,24-16?,26-17+,27-18?. The zero-order chi connectivity index (χ0) is 18.9. The number of aromatic nitrogens is 1. The first-order valence-electron chi connectivity index (χ1n) is 8.67. The molecule has 0 amide bonds. The molecule has 5 heteroatoms. The van der Waals surface area contributed by atoms with Gasteiger partial charge in [0.05, 0.1) is 35.2 Å². The summed E-state index contributed by atoms with van der Waals surface area (Å²) in [6, 6.07) is 23.7. The Morgan fingerprint density at radius 2 is 1.04 bits per heavy atom. The Morgan fingerprint density at radius 1 is 0.630 bits per heavy atom. The zero-order valence-corrected chi connectivity index (χ0v) is 15.4. The summed E-state index contributed by atoms with van der Waals surface area (Å²) in [6.45, 7) is 3.83. The number of benzene rings is 2. The molecule has 5 nitrogen and oxygen atoms in total. The fraction of sp³-hybridized carbons (Fsp3) is 0.0909. The topological polar surface area (TPSA) is 65.2 Å². The van der Waals surface area contributed by atoms with E-state index in [0.29, 0.717) is 0 Å². The number of nitrogens with one attached hydrogen (secondary N) is 1. The van der Waals surface area contributed by atoms with Crippen LogP contribution in [0, 0.1) is 0 Å². The van der Waals surface area contributed by atoms with Crippen LogP contribution in [-0.2, 0) is 0 Å². The average molecular weight is 355 g/mol. The molecule has 3 rings (SSSR count). The van der Waals surface area contributed by atoms with Gasteiger partial charge >= 0.3 is 0 Å². The minimum absolute atomic E-state index is 0.800. The van der Waals surface area contributed by atoms with E-state index in [1.165, 1.54) is 0 Å². The summed E-state index contributed by atoms with van der Waals surface area (Å²) in [7, 11) is 0. The molecule has 0 saturated heterocycles. The van der Waals surface area contributed by atoms with Crippen molar-refractivity contribution < 1.29 is 0 Å². The molecule has 0 saturated carbocycles. The monoisotopic (exact) mass is 355 g/mol. The van der Waals surface area contributed by atoms with Crippen molar-refractivity contribution in [2.45, 2.75) is 13.8 Å². The van der Waals surface area contributed by atoms with Gasteiger partial charge < -0.3 is 4.98 Å². The maximum absolute atomic E-state index is 4.25. The van der Waals surface area contributed by atoms with Crippen LogP contribution < -0.4 is 0 Å². The second-order valence-electron chi connectivity index (χ2n) is 5.97. The number of rotatable bonds is 6. The van der Waals surface area contributed by atoms with Gasteiger partial charge in [-0.05, 0) is 37.1 Å². The van der Waals surface area contributed by atoms with Gasteiger partial charge in [0.25, 0.3) is 0 Å². The van der Waals surface area contributed by atoms with Gasteiger partial charge in [-0.25, -0.2) is 0 Å². The lowest BCUT2D eigenvalue weighted by molar-refractivity contribution is 1.20. The van der Waals surface area contributed by atoms with Crippen molar-refractivity contribution in [1.82, 2.24) is 4.98 Å². The molecular weight excluding hydrogens is 334 g/mol. The predicted octanol–water partition coefficient (Wildman–Crippen LogP) is 4.70. The van der Waals surface area contributed by atoms with Crippen molar-refractivity contribution in [3.63, 3.8) is 0 Å². The summed E-state index contributed by atoms with van der Waals surface area (Å²) < 4.78 is 0. The predicted molar refractivity (Wildman–Crippen MR) is 113 cm³/mol. The molecule has 0 radical (unpaired) electrons. The molecule has 0 fully saturated rings. The maximum Gasteiger partial charge on any atom is 0.0833 e. The molecular formula is C22H21N5. The van der Waals surface area contributed by atoms with E-state index >= 15 is 0 Å². The van der Waals surface area contributed by atoms with Crippen molar-refractivity contribution >= 4 is 23.9 Å². The largest absolute Gasteiger partial charge is 0.352 e. The lowest BCUT2D eigenvalue weighted by Gasteiger charge is -1.96. The summed E-state index contributed by atoms with van der Waals surface area (Å²) in [5.41, 5.74) is 5.43. The number of hydrogen-bond acceptors (Lipinski definition) is 4. The Labute approximate surface area is 158 Å². The molecule has 0 aliphatic carbocycles. The summed E-state index contributed by atoms with van der Waals surface area (Å²) in [6.07, 6.45) is 3.47. The molecule has 0 unspecified atom stereocenters. The first-order valence-corrected chi connectivity index (χ1v) is 8.67. The number of aromatic amines is 1. The molecule has 1 aromatic heterocycles. The van der Waals surface area contributed by atoms with E-state index in [2.05, 4.69) is 25.4 Å². The molecule has 0 spiro atoms. The van der Waals surface area contributed by atoms with Crippen LogP contribution in [0.4, 0.5) is 0 Å². The Hall–Kier alpha value is -3.60. The molecule has 0 bridgehead atoms. The minimum Gasteiger partial charge on any atom is -0.352 e. The van der Waals surface area contributed by atoms with Crippen LogP contribution >= 0.6 is 0 Å². The molecule has 0 atom stereocenters. The minimum atomic E-state index is 0.800. The summed E-state index contributed by atoms with van der Waals surface area (Å²) in [4.78, 5) is 3.30. The fourth-order valence-electron chi connectivity index (χ4n) is 2.37. The van der Waals surface area contributed by atoms with Crippen LogP contribution in [0.15, 0.2) is 93.2 Å². The van der Waals surface area contributed by atoms with Crippen LogP contribution in [0.25, 0.3) is 0 Å². The summed E-state index contributed by atoms with van der Waals surface area (Å²) in [5.74, 6) is 0. The second kappa shape index (κ2) is 9.20. The smallest absolute Gasteiger partial charge is 0.0833 e. The van der Waals surface area contributed by atoms with Crippen molar-refractivity contribution in [2.75, 3.05) is 0 Å². The van der Waals surface area contributed by atoms with E-state index in [4.69, 9.17) is 0 Å². The lowest BCUT2D eigenvalue weighted by atomic mass is 10.2. The molecule has 1 heterocycles. The molecule has 0 aliphatic heterocycles. The highest BCUT2D eigenvalue weighted by Crippen LogP contribution is 2.06. The highest BCUT2D eigenvalue weighted by Gasteiger charge is 2.04. The van der Waals surface area contributed by atoms with E-state index in [1.54, 1.807) is 12.4 Å². The summed E-state index contributed by atoms with van der Waals surface area (Å²) >= 11 is 0. The van der Waals surface area contributed by atoms with E-state index in [-0.39, 0.29) is 0 Å². The van der Waals surface area contributed by atoms with E-state index in [1.807, 2.05) is 86.6 Å². The quantitative estimate of drug-likeness (QED) is 0.492. The first-order chi connectivity index (χ1) is 13.2. The SMILES string of the molecule is CC(=NN=Cc1ccccc1)c1ccc(/C(C)=N/N=C\c2ccccc2)[nH]1. The summed E-state index contributed by atoms with van der Waals surface area (Å²) in [5, 5.41) is 16.8. The normalized spacial score (nSPS) is 13.0. The molecule has 0 aliphatic rings. The van der Waals surface area contributed by atoms with Crippen LogP contribution in [0.1, 0.15) is 36.4 Å². The Bertz CT molecular complexity index is 900. The molecule has 134 valence electrons. The lowest BCUT2D eigenvalue weighted by Crippen LogP contribution is -1.98. The maximum atomic E-state index is 4.25. The average Bonchev–Trinajstić information content (AvgIpc) is 3.20. The van der Waals surface area contributed by atoms with Gasteiger partial charge in [-0.2, -0.15) is 20.4 Å². The molecule has 1 N–H and O–H groups in total. The zero-order valence-electron chi connectivity index (χ0n) is 15.4. The van der Waals surface area contributed by atoms with Gasteiger partial charge in [0.1, 0.15) is 0 Å². The molecule has 3 aromatic rings. The number of H-pyrrole nitrogens is 1. The third kappa shape index (κ3) is 5.44. The van der Waals surface area contributed by atoms with Gasteiger partial charge in [-0.15, -0.1) is 0 Å². The molecule has 2 aromatic carbocycles. The van der Waals surface area contributed by atoms with Crippen LogP contribution in [0.3, 0.4) is 0 Å². The van der Waals surface area contributed by atoms with Crippen LogP contribution in [0.5, 0.6) is 0 Å². The Kier molecular flexibility index (Phi) is 6.20. The molecule has 27 heavy (non-hydrogen) atoms. The third-order valence-electron chi connectivity index (χ3n) is 3.89. The second-order valence-corrected chi connectivity index (χ2v) is 5.97. The van der Waals surface area contributed by atoms with Crippen LogP contribution in [0.2, 0.25) is 0 Å². The van der Waals surface area contributed by atoms with Gasteiger partial charge in [0.15, 0.2) is 0 Å². The van der Waals surface area contributed by atoms with Crippen molar-refractivity contribution in [2.24, 2.45) is 20.4 Å². The van der Waals surface area contributed by atoms with Gasteiger partial charge in [-0.1, -0.05) is 60.7 Å². The number of nitrogens with zero attached hydrogens (tertiary/aromatic N) is 4. The van der Waals surface area contributed by atoms with Gasteiger partial charge in [0, 0.05) is 0 Å². The van der Waals surface area contributed by atoms with Crippen LogP contribution in [-0.4, -0.2) is 28.8 Å².